The van der Waals surface area contributed by atoms with Gasteiger partial charge in [0, 0.05) is 21.7 Å². The first-order valence-electron chi connectivity index (χ1n) is 7.32. The highest BCUT2D eigenvalue weighted by molar-refractivity contribution is 7.98. The summed E-state index contributed by atoms with van der Waals surface area (Å²) in [5.74, 6) is 0.977. The lowest BCUT2D eigenvalue weighted by Gasteiger charge is -2.15. The van der Waals surface area contributed by atoms with Gasteiger partial charge in [-0.3, -0.25) is 0 Å². The Labute approximate surface area is 137 Å². The highest BCUT2D eigenvalue weighted by Gasteiger charge is 2.09. The summed E-state index contributed by atoms with van der Waals surface area (Å²) in [6.45, 7) is 7.35. The van der Waals surface area contributed by atoms with E-state index < -0.39 is 0 Å². The van der Waals surface area contributed by atoms with Crippen molar-refractivity contribution in [2.24, 2.45) is 0 Å². The first-order valence-corrected chi connectivity index (χ1v) is 8.68. The molecule has 0 saturated heterocycles. The van der Waals surface area contributed by atoms with Crippen LogP contribution in [0.1, 0.15) is 36.6 Å². The second-order valence-corrected chi connectivity index (χ2v) is 6.63. The number of nitrogens with one attached hydrogen (secondary N) is 1. The van der Waals surface area contributed by atoms with Crippen LogP contribution in [0.4, 0.5) is 0 Å². The maximum Gasteiger partial charge on any atom is 0.0464 e. The zero-order valence-corrected chi connectivity index (χ0v) is 14.4. The highest BCUT2D eigenvalue weighted by atomic mass is 35.5. The van der Waals surface area contributed by atoms with Crippen LogP contribution < -0.4 is 5.32 Å². The molecule has 1 nitrogen and oxygen atoms in total. The van der Waals surface area contributed by atoms with Crippen molar-refractivity contribution < 1.29 is 0 Å². The number of halogens is 1. The smallest absolute Gasteiger partial charge is 0.0464 e. The van der Waals surface area contributed by atoms with E-state index in [1.807, 2.05) is 11.8 Å². The lowest BCUT2D eigenvalue weighted by molar-refractivity contribution is 0.598. The van der Waals surface area contributed by atoms with Crippen LogP contribution in [-0.2, 0) is 5.75 Å². The summed E-state index contributed by atoms with van der Waals surface area (Å²) < 4.78 is 0. The second-order valence-electron chi connectivity index (χ2n) is 5.18. The van der Waals surface area contributed by atoms with E-state index in [4.69, 9.17) is 11.6 Å². The summed E-state index contributed by atoms with van der Waals surface area (Å²) >= 11 is 8.25. The highest BCUT2D eigenvalue weighted by Crippen LogP contribution is 2.30. The maximum atomic E-state index is 6.42. The average Bonchev–Trinajstić information content (AvgIpc) is 2.46. The summed E-state index contributed by atoms with van der Waals surface area (Å²) in [5, 5.41) is 4.24. The third-order valence-electron chi connectivity index (χ3n) is 3.60. The Bertz CT molecular complexity index is 598. The summed E-state index contributed by atoms with van der Waals surface area (Å²) in [5.41, 5.74) is 3.89. The van der Waals surface area contributed by atoms with Crippen LogP contribution in [0.25, 0.3) is 0 Å². The molecule has 21 heavy (non-hydrogen) atoms. The Morgan fingerprint density at radius 3 is 2.62 bits per heavy atom. The van der Waals surface area contributed by atoms with Crippen LogP contribution in [-0.4, -0.2) is 6.54 Å². The summed E-state index contributed by atoms with van der Waals surface area (Å²) in [6.07, 6.45) is 0. The third-order valence-corrected chi connectivity index (χ3v) is 4.97. The molecule has 0 aliphatic heterocycles. The van der Waals surface area contributed by atoms with Gasteiger partial charge in [-0.15, -0.1) is 11.8 Å². The number of aryl methyl sites for hydroxylation is 1. The van der Waals surface area contributed by atoms with Crippen molar-refractivity contribution in [3.8, 4) is 0 Å². The van der Waals surface area contributed by atoms with Gasteiger partial charge in [-0.25, -0.2) is 0 Å². The monoisotopic (exact) mass is 319 g/mol. The SMILES string of the molecule is CCNC(C)c1ccc(SCc2ccccc2C)cc1Cl. The lowest BCUT2D eigenvalue weighted by atomic mass is 10.1. The molecule has 0 heterocycles. The molecule has 0 amide bonds. The minimum Gasteiger partial charge on any atom is -0.310 e. The molecule has 0 aliphatic carbocycles. The van der Waals surface area contributed by atoms with Gasteiger partial charge in [0.2, 0.25) is 0 Å². The average molecular weight is 320 g/mol. The van der Waals surface area contributed by atoms with Gasteiger partial charge >= 0.3 is 0 Å². The van der Waals surface area contributed by atoms with E-state index in [9.17, 15) is 0 Å². The van der Waals surface area contributed by atoms with Crippen molar-refractivity contribution >= 4 is 23.4 Å². The number of thioether (sulfide) groups is 1. The Balaban J connectivity index is 2.05. The van der Waals surface area contributed by atoms with E-state index in [1.54, 1.807) is 0 Å². The van der Waals surface area contributed by atoms with E-state index in [-0.39, 0.29) is 6.04 Å². The van der Waals surface area contributed by atoms with Crippen molar-refractivity contribution in [3.63, 3.8) is 0 Å². The predicted molar refractivity (Wildman–Crippen MR) is 94.3 cm³/mol. The first kappa shape index (κ1) is 16.4. The number of hydrogen-bond donors (Lipinski definition) is 1. The molecule has 112 valence electrons. The minimum atomic E-state index is 0.290. The molecule has 0 bridgehead atoms. The van der Waals surface area contributed by atoms with Crippen molar-refractivity contribution in [3.05, 3.63) is 64.2 Å². The van der Waals surface area contributed by atoms with Crippen LogP contribution in [0.3, 0.4) is 0 Å². The summed E-state index contributed by atoms with van der Waals surface area (Å²) in [4.78, 5) is 1.22. The molecule has 3 heteroatoms. The Morgan fingerprint density at radius 2 is 1.95 bits per heavy atom. The van der Waals surface area contributed by atoms with E-state index in [2.05, 4.69) is 68.6 Å². The van der Waals surface area contributed by atoms with Crippen molar-refractivity contribution in [1.29, 1.82) is 0 Å². The molecule has 1 N–H and O–H groups in total. The first-order chi connectivity index (χ1) is 10.1. The third kappa shape index (κ3) is 4.50. The van der Waals surface area contributed by atoms with Crippen molar-refractivity contribution in [2.45, 2.75) is 37.5 Å². The second kappa shape index (κ2) is 7.88. The van der Waals surface area contributed by atoms with Gasteiger partial charge in [-0.2, -0.15) is 0 Å². The maximum absolute atomic E-state index is 6.42. The quantitative estimate of drug-likeness (QED) is 0.694. The van der Waals surface area contributed by atoms with Gasteiger partial charge in [0.25, 0.3) is 0 Å². The molecular formula is C18H22ClNS. The zero-order valence-electron chi connectivity index (χ0n) is 12.8. The normalized spacial score (nSPS) is 12.4. The fourth-order valence-corrected chi connectivity index (χ4v) is 3.72. The molecule has 2 aromatic rings. The summed E-state index contributed by atoms with van der Waals surface area (Å²) in [6, 6.07) is 15.2. The minimum absolute atomic E-state index is 0.290. The molecule has 2 aromatic carbocycles. The molecule has 0 aromatic heterocycles. The fourth-order valence-electron chi connectivity index (χ4n) is 2.30. The molecule has 0 radical (unpaired) electrons. The van der Waals surface area contributed by atoms with Gasteiger partial charge in [0.05, 0.1) is 0 Å². The predicted octanol–water partition coefficient (Wildman–Crippen LogP) is 5.61. The number of rotatable bonds is 6. The molecule has 1 unspecified atom stereocenters. The van der Waals surface area contributed by atoms with E-state index >= 15 is 0 Å². The van der Waals surface area contributed by atoms with Crippen LogP contribution in [0.15, 0.2) is 47.4 Å². The van der Waals surface area contributed by atoms with Gasteiger partial charge in [0.1, 0.15) is 0 Å². The van der Waals surface area contributed by atoms with E-state index in [0.29, 0.717) is 0 Å². The van der Waals surface area contributed by atoms with Gasteiger partial charge in [-0.1, -0.05) is 48.9 Å². The van der Waals surface area contributed by atoms with E-state index in [1.165, 1.54) is 21.6 Å². The van der Waals surface area contributed by atoms with Crippen molar-refractivity contribution in [1.82, 2.24) is 5.32 Å². The van der Waals surface area contributed by atoms with E-state index in [0.717, 1.165) is 17.3 Å². The van der Waals surface area contributed by atoms with Gasteiger partial charge in [0.15, 0.2) is 0 Å². The Hall–Kier alpha value is -0.960. The topological polar surface area (TPSA) is 12.0 Å². The molecular weight excluding hydrogens is 298 g/mol. The molecule has 0 saturated carbocycles. The number of benzene rings is 2. The largest absolute Gasteiger partial charge is 0.310 e. The van der Waals surface area contributed by atoms with Crippen molar-refractivity contribution in [2.75, 3.05) is 6.54 Å². The summed E-state index contributed by atoms with van der Waals surface area (Å²) in [7, 11) is 0. The van der Waals surface area contributed by atoms with Crippen LogP contribution >= 0.6 is 23.4 Å². The zero-order chi connectivity index (χ0) is 15.2. The fraction of sp³-hybridized carbons (Fsp3) is 0.333. The Kier molecular flexibility index (Phi) is 6.16. The number of hydrogen-bond acceptors (Lipinski definition) is 2. The van der Waals surface area contributed by atoms with Crippen LogP contribution in [0.2, 0.25) is 5.02 Å². The Morgan fingerprint density at radius 1 is 1.19 bits per heavy atom. The standard InChI is InChI=1S/C18H22ClNS/c1-4-20-14(3)17-10-9-16(11-18(17)19)21-12-15-8-6-5-7-13(15)2/h5-11,14,20H,4,12H2,1-3H3. The molecule has 0 spiro atoms. The lowest BCUT2D eigenvalue weighted by Crippen LogP contribution is -2.17. The molecule has 2 rings (SSSR count). The van der Waals surface area contributed by atoms with Gasteiger partial charge in [-0.05, 0) is 49.2 Å². The van der Waals surface area contributed by atoms with Gasteiger partial charge < -0.3 is 5.32 Å². The van der Waals surface area contributed by atoms with Crippen LogP contribution in [0.5, 0.6) is 0 Å². The molecule has 1 atom stereocenters. The molecule has 0 fully saturated rings. The van der Waals surface area contributed by atoms with Crippen LogP contribution in [0, 0.1) is 6.92 Å². The molecule has 0 aliphatic rings.